The fourth-order valence-corrected chi connectivity index (χ4v) is 2.66. The molecule has 22 heavy (non-hydrogen) atoms. The Hall–Kier alpha value is -2.34. The Morgan fingerprint density at radius 2 is 2.00 bits per heavy atom. The predicted octanol–water partition coefficient (Wildman–Crippen LogP) is 0.881. The fraction of sp³-hybridized carbons (Fsp3) is 0.267. The lowest BCUT2D eigenvalue weighted by Crippen LogP contribution is -2.48. The number of hydrogen-bond acceptors (Lipinski definition) is 4. The maximum atomic E-state index is 12.4. The van der Waals surface area contributed by atoms with Gasteiger partial charge in [0.2, 0.25) is 5.91 Å². The van der Waals surface area contributed by atoms with Gasteiger partial charge < -0.3 is 10.2 Å². The van der Waals surface area contributed by atoms with Crippen LogP contribution in [0.3, 0.4) is 0 Å². The molecule has 0 spiro atoms. The van der Waals surface area contributed by atoms with Crippen molar-refractivity contribution in [3.8, 4) is 0 Å². The van der Waals surface area contributed by atoms with Crippen molar-refractivity contribution in [2.24, 2.45) is 0 Å². The molecule has 3 rings (SSSR count). The summed E-state index contributed by atoms with van der Waals surface area (Å²) < 4.78 is 1.32. The standard InChI is InChI=1S/C15H15ClN4O2/c16-14-12(19-7-6-17-13(21)10-19)8-18-20(15(14)22)9-11-4-2-1-3-5-11/h1-5,8H,6-7,9-10H2,(H,17,21). The van der Waals surface area contributed by atoms with E-state index in [0.29, 0.717) is 25.3 Å². The number of anilines is 1. The highest BCUT2D eigenvalue weighted by Crippen LogP contribution is 2.21. The first-order valence-electron chi connectivity index (χ1n) is 6.96. The van der Waals surface area contributed by atoms with Crippen LogP contribution in [0, 0.1) is 0 Å². The molecule has 0 bridgehead atoms. The Balaban J connectivity index is 1.88. The van der Waals surface area contributed by atoms with Crippen LogP contribution in [0.1, 0.15) is 5.56 Å². The van der Waals surface area contributed by atoms with E-state index >= 15 is 0 Å². The van der Waals surface area contributed by atoms with Crippen LogP contribution in [0.15, 0.2) is 41.3 Å². The van der Waals surface area contributed by atoms with Gasteiger partial charge in [0.25, 0.3) is 5.56 Å². The third kappa shape index (κ3) is 2.96. The summed E-state index contributed by atoms with van der Waals surface area (Å²) >= 11 is 6.20. The minimum absolute atomic E-state index is 0.0872. The molecule has 0 unspecified atom stereocenters. The van der Waals surface area contributed by atoms with Crippen LogP contribution < -0.4 is 15.8 Å². The van der Waals surface area contributed by atoms with Gasteiger partial charge >= 0.3 is 0 Å². The number of carbonyl (C=O) groups is 1. The Morgan fingerprint density at radius 3 is 2.73 bits per heavy atom. The molecule has 7 heteroatoms. The highest BCUT2D eigenvalue weighted by Gasteiger charge is 2.21. The lowest BCUT2D eigenvalue weighted by Gasteiger charge is -2.28. The number of benzene rings is 1. The lowest BCUT2D eigenvalue weighted by molar-refractivity contribution is -0.120. The maximum absolute atomic E-state index is 12.4. The quantitative estimate of drug-likeness (QED) is 0.912. The van der Waals surface area contributed by atoms with Gasteiger partial charge in [0.1, 0.15) is 5.02 Å². The van der Waals surface area contributed by atoms with Crippen LogP contribution in [0.25, 0.3) is 0 Å². The molecule has 114 valence electrons. The minimum atomic E-state index is -0.353. The summed E-state index contributed by atoms with van der Waals surface area (Å²) in [6.45, 7) is 1.68. The van der Waals surface area contributed by atoms with Gasteiger partial charge in [0.15, 0.2) is 0 Å². The van der Waals surface area contributed by atoms with E-state index in [-0.39, 0.29) is 23.0 Å². The van der Waals surface area contributed by atoms with Gasteiger partial charge in [-0.3, -0.25) is 9.59 Å². The molecule has 0 saturated carbocycles. The number of amides is 1. The van der Waals surface area contributed by atoms with Gasteiger partial charge in [-0.05, 0) is 5.56 Å². The molecule has 1 aliphatic heterocycles. The Bertz CT molecular complexity index is 745. The van der Waals surface area contributed by atoms with Crippen LogP contribution in [0.5, 0.6) is 0 Å². The van der Waals surface area contributed by atoms with Crippen molar-refractivity contribution in [2.45, 2.75) is 6.54 Å². The molecule has 0 radical (unpaired) electrons. The highest BCUT2D eigenvalue weighted by molar-refractivity contribution is 6.33. The number of aromatic nitrogens is 2. The smallest absolute Gasteiger partial charge is 0.287 e. The average Bonchev–Trinajstić information content (AvgIpc) is 2.53. The molecule has 0 aliphatic carbocycles. The van der Waals surface area contributed by atoms with E-state index in [2.05, 4.69) is 10.4 Å². The first kappa shape index (κ1) is 14.6. The van der Waals surface area contributed by atoms with Crippen LogP contribution in [-0.4, -0.2) is 35.3 Å². The van der Waals surface area contributed by atoms with E-state index in [9.17, 15) is 9.59 Å². The molecule has 0 atom stereocenters. The Labute approximate surface area is 132 Å². The van der Waals surface area contributed by atoms with Crippen molar-refractivity contribution in [2.75, 3.05) is 24.5 Å². The number of carbonyl (C=O) groups excluding carboxylic acids is 1. The van der Waals surface area contributed by atoms with E-state index in [4.69, 9.17) is 11.6 Å². The number of hydrogen-bond donors (Lipinski definition) is 1. The number of piperazine rings is 1. The second-order valence-electron chi connectivity index (χ2n) is 5.06. The van der Waals surface area contributed by atoms with Crippen molar-refractivity contribution < 1.29 is 4.79 Å². The number of nitrogens with one attached hydrogen (secondary N) is 1. The lowest BCUT2D eigenvalue weighted by atomic mass is 10.2. The molecule has 1 aromatic heterocycles. The van der Waals surface area contributed by atoms with Crippen molar-refractivity contribution >= 4 is 23.2 Å². The minimum Gasteiger partial charge on any atom is -0.358 e. The monoisotopic (exact) mass is 318 g/mol. The molecule has 6 nitrogen and oxygen atoms in total. The van der Waals surface area contributed by atoms with Crippen molar-refractivity contribution in [1.82, 2.24) is 15.1 Å². The first-order chi connectivity index (χ1) is 10.6. The van der Waals surface area contributed by atoms with Crippen molar-refractivity contribution in [1.29, 1.82) is 0 Å². The third-order valence-electron chi connectivity index (χ3n) is 3.52. The zero-order valence-electron chi connectivity index (χ0n) is 11.8. The second kappa shape index (κ2) is 6.19. The molecule has 1 fully saturated rings. The van der Waals surface area contributed by atoms with Gasteiger partial charge in [0.05, 0.1) is 25.0 Å². The molecule has 2 heterocycles. The second-order valence-corrected chi connectivity index (χ2v) is 5.44. The van der Waals surface area contributed by atoms with Gasteiger partial charge in [-0.2, -0.15) is 5.10 Å². The summed E-state index contributed by atoms with van der Waals surface area (Å²) in [6, 6.07) is 9.57. The fourth-order valence-electron chi connectivity index (χ4n) is 2.39. The Kier molecular flexibility index (Phi) is 4.11. The van der Waals surface area contributed by atoms with E-state index in [0.717, 1.165) is 5.56 Å². The summed E-state index contributed by atoms with van der Waals surface area (Å²) in [4.78, 5) is 25.6. The zero-order chi connectivity index (χ0) is 15.5. The van der Waals surface area contributed by atoms with E-state index in [1.807, 2.05) is 30.3 Å². The molecular weight excluding hydrogens is 304 g/mol. The summed E-state index contributed by atoms with van der Waals surface area (Å²) in [5, 5.41) is 7.01. The van der Waals surface area contributed by atoms with Gasteiger partial charge in [-0.25, -0.2) is 4.68 Å². The van der Waals surface area contributed by atoms with Gasteiger partial charge in [-0.15, -0.1) is 0 Å². The molecule has 1 N–H and O–H groups in total. The van der Waals surface area contributed by atoms with Crippen molar-refractivity contribution in [3.63, 3.8) is 0 Å². The number of halogens is 1. The highest BCUT2D eigenvalue weighted by atomic mass is 35.5. The summed E-state index contributed by atoms with van der Waals surface area (Å²) in [5.41, 5.74) is 1.12. The van der Waals surface area contributed by atoms with Gasteiger partial charge in [-0.1, -0.05) is 41.9 Å². The molecule has 1 saturated heterocycles. The van der Waals surface area contributed by atoms with Gasteiger partial charge in [0, 0.05) is 13.1 Å². The number of nitrogens with zero attached hydrogens (tertiary/aromatic N) is 3. The van der Waals surface area contributed by atoms with E-state index < -0.39 is 0 Å². The van der Waals surface area contributed by atoms with E-state index in [1.54, 1.807) is 11.1 Å². The molecule has 2 aromatic rings. The Morgan fingerprint density at radius 1 is 1.23 bits per heavy atom. The molecular formula is C15H15ClN4O2. The molecule has 1 aliphatic rings. The normalized spacial score (nSPS) is 14.8. The van der Waals surface area contributed by atoms with Crippen molar-refractivity contribution in [3.05, 3.63) is 57.5 Å². The third-order valence-corrected chi connectivity index (χ3v) is 3.88. The van der Waals surface area contributed by atoms with Crippen LogP contribution in [0.4, 0.5) is 5.69 Å². The predicted molar refractivity (Wildman–Crippen MR) is 84.3 cm³/mol. The summed E-state index contributed by atoms with van der Waals surface area (Å²) in [7, 11) is 0. The van der Waals surface area contributed by atoms with E-state index in [1.165, 1.54) is 4.68 Å². The number of rotatable bonds is 3. The van der Waals surface area contributed by atoms with Crippen LogP contribution in [-0.2, 0) is 11.3 Å². The van der Waals surface area contributed by atoms with Crippen LogP contribution >= 0.6 is 11.6 Å². The van der Waals surface area contributed by atoms with Crippen LogP contribution in [0.2, 0.25) is 5.02 Å². The zero-order valence-corrected chi connectivity index (χ0v) is 12.6. The summed E-state index contributed by atoms with van der Waals surface area (Å²) in [5.74, 6) is -0.0872. The SMILES string of the molecule is O=C1CN(c2cnn(Cc3ccccc3)c(=O)c2Cl)CCN1. The largest absolute Gasteiger partial charge is 0.358 e. The maximum Gasteiger partial charge on any atom is 0.287 e. The first-order valence-corrected chi connectivity index (χ1v) is 7.34. The topological polar surface area (TPSA) is 67.2 Å². The molecule has 1 aromatic carbocycles. The summed E-state index contributed by atoms with van der Waals surface area (Å²) in [6.07, 6.45) is 1.55. The molecule has 1 amide bonds. The average molecular weight is 319 g/mol.